The molecule has 2 aromatic rings. The van der Waals surface area contributed by atoms with Gasteiger partial charge in [-0.1, -0.05) is 18.2 Å². The normalized spacial score (nSPS) is 11.2. The van der Waals surface area contributed by atoms with E-state index >= 15 is 0 Å². The van der Waals surface area contributed by atoms with Gasteiger partial charge in [0.25, 0.3) is 10.1 Å². The van der Waals surface area contributed by atoms with Crippen molar-refractivity contribution in [3.8, 4) is 0 Å². The van der Waals surface area contributed by atoms with Gasteiger partial charge in [0, 0.05) is 0 Å². The molecule has 0 spiro atoms. The van der Waals surface area contributed by atoms with Crippen LogP contribution in [0.2, 0.25) is 0 Å². The first-order valence-electron chi connectivity index (χ1n) is 7.02. The summed E-state index contributed by atoms with van der Waals surface area (Å²) in [5.74, 6) is -2.04. The second kappa shape index (κ2) is 6.54. The van der Waals surface area contributed by atoms with E-state index in [0.717, 1.165) is 0 Å². The molecule has 0 fully saturated rings. The number of ether oxygens (including phenoxy) is 1. The summed E-state index contributed by atoms with van der Waals surface area (Å²) in [5.41, 5.74) is 1.27. The van der Waals surface area contributed by atoms with Crippen molar-refractivity contribution < 1.29 is 27.3 Å². The van der Waals surface area contributed by atoms with E-state index in [2.05, 4.69) is 0 Å². The third-order valence-corrected chi connectivity index (χ3v) is 4.81. The number of carbonyl (C=O) groups is 2. The number of benzene rings is 2. The van der Waals surface area contributed by atoms with Gasteiger partial charge >= 0.3 is 11.9 Å². The molecule has 0 atom stereocenters. The van der Waals surface area contributed by atoms with Crippen LogP contribution in [0, 0.1) is 20.8 Å². The summed E-state index contributed by atoms with van der Waals surface area (Å²) in [6.07, 6.45) is 0. The summed E-state index contributed by atoms with van der Waals surface area (Å²) in [6, 6.07) is 9.11. The molecule has 0 heterocycles. The SMILES string of the molecule is Cc1cc(C(=O)OC(=O)c2ccccc2)c(S(=O)(=O)O)c(C)c1C. The molecule has 0 unspecified atom stereocenters. The fraction of sp³-hybridized carbons (Fsp3) is 0.176. The van der Waals surface area contributed by atoms with E-state index in [4.69, 9.17) is 4.74 Å². The van der Waals surface area contributed by atoms with Crippen molar-refractivity contribution in [3.05, 3.63) is 64.2 Å². The van der Waals surface area contributed by atoms with Gasteiger partial charge < -0.3 is 4.74 Å². The summed E-state index contributed by atoms with van der Waals surface area (Å²) in [6.45, 7) is 4.83. The molecular formula is C17H16O6S. The average Bonchev–Trinajstić information content (AvgIpc) is 2.51. The van der Waals surface area contributed by atoms with Crippen LogP contribution in [0.1, 0.15) is 37.4 Å². The van der Waals surface area contributed by atoms with Gasteiger partial charge in [0.15, 0.2) is 0 Å². The highest BCUT2D eigenvalue weighted by Gasteiger charge is 2.27. The Morgan fingerprint density at radius 3 is 2.08 bits per heavy atom. The fourth-order valence-electron chi connectivity index (χ4n) is 2.31. The number of carbonyl (C=O) groups excluding carboxylic acids is 2. The number of hydrogen-bond acceptors (Lipinski definition) is 5. The molecule has 0 aliphatic heterocycles. The zero-order chi connectivity index (χ0) is 18.1. The second-order valence-electron chi connectivity index (χ2n) is 5.34. The first-order chi connectivity index (χ1) is 11.1. The van der Waals surface area contributed by atoms with Gasteiger partial charge in [-0.15, -0.1) is 0 Å². The molecule has 0 aliphatic rings. The molecule has 2 rings (SSSR count). The minimum atomic E-state index is -4.66. The van der Waals surface area contributed by atoms with Crippen LogP contribution in [0.5, 0.6) is 0 Å². The van der Waals surface area contributed by atoms with Crippen LogP contribution in [0.4, 0.5) is 0 Å². The number of rotatable bonds is 3. The molecule has 7 heteroatoms. The molecule has 24 heavy (non-hydrogen) atoms. The Labute approximate surface area is 139 Å². The first kappa shape index (κ1) is 17.8. The van der Waals surface area contributed by atoms with Gasteiger partial charge in [0.05, 0.1) is 11.1 Å². The average molecular weight is 348 g/mol. The van der Waals surface area contributed by atoms with E-state index in [-0.39, 0.29) is 16.7 Å². The van der Waals surface area contributed by atoms with Gasteiger partial charge in [-0.2, -0.15) is 8.42 Å². The largest absolute Gasteiger partial charge is 0.386 e. The minimum absolute atomic E-state index is 0.153. The highest BCUT2D eigenvalue weighted by Crippen LogP contribution is 2.27. The molecule has 0 radical (unpaired) electrons. The molecular weight excluding hydrogens is 332 g/mol. The van der Waals surface area contributed by atoms with E-state index in [0.29, 0.717) is 11.1 Å². The highest BCUT2D eigenvalue weighted by molar-refractivity contribution is 7.86. The Kier molecular flexibility index (Phi) is 4.86. The van der Waals surface area contributed by atoms with Crippen LogP contribution >= 0.6 is 0 Å². The number of esters is 2. The predicted molar refractivity (Wildman–Crippen MR) is 86.7 cm³/mol. The maximum absolute atomic E-state index is 12.3. The molecule has 126 valence electrons. The van der Waals surface area contributed by atoms with Crippen molar-refractivity contribution in [2.45, 2.75) is 25.7 Å². The summed E-state index contributed by atoms with van der Waals surface area (Å²) >= 11 is 0. The Morgan fingerprint density at radius 2 is 1.54 bits per heavy atom. The van der Waals surface area contributed by atoms with Crippen LogP contribution < -0.4 is 0 Å². The standard InChI is InChI=1S/C17H16O6S/c1-10-9-14(15(24(20,21)22)12(3)11(10)2)17(19)23-16(18)13-7-5-4-6-8-13/h4-9H,1-3H3,(H,20,21,22). The van der Waals surface area contributed by atoms with Crippen molar-refractivity contribution in [3.63, 3.8) is 0 Å². The third-order valence-electron chi connectivity index (χ3n) is 3.77. The summed E-state index contributed by atoms with van der Waals surface area (Å²) in [5, 5.41) is 0. The molecule has 0 saturated heterocycles. The zero-order valence-electron chi connectivity index (χ0n) is 13.4. The molecule has 0 amide bonds. The van der Waals surface area contributed by atoms with E-state index in [1.165, 1.54) is 25.1 Å². The van der Waals surface area contributed by atoms with Crippen molar-refractivity contribution in [2.24, 2.45) is 0 Å². The zero-order valence-corrected chi connectivity index (χ0v) is 14.2. The lowest BCUT2D eigenvalue weighted by Crippen LogP contribution is -2.18. The Bertz CT molecular complexity index is 914. The number of aryl methyl sites for hydroxylation is 1. The topological polar surface area (TPSA) is 97.7 Å². The van der Waals surface area contributed by atoms with Crippen LogP contribution in [-0.2, 0) is 14.9 Å². The van der Waals surface area contributed by atoms with E-state index in [9.17, 15) is 22.6 Å². The fourth-order valence-corrected chi connectivity index (χ4v) is 3.27. The monoisotopic (exact) mass is 348 g/mol. The number of hydrogen-bond donors (Lipinski definition) is 1. The molecule has 0 saturated carbocycles. The Morgan fingerprint density at radius 1 is 0.958 bits per heavy atom. The summed E-state index contributed by atoms with van der Waals surface area (Å²) < 4.78 is 37.5. The lowest BCUT2D eigenvalue weighted by Gasteiger charge is -2.14. The quantitative estimate of drug-likeness (QED) is 0.520. The molecule has 1 N–H and O–H groups in total. The second-order valence-corrected chi connectivity index (χ2v) is 6.70. The maximum atomic E-state index is 12.3. The predicted octanol–water partition coefficient (Wildman–Crippen LogP) is 2.86. The van der Waals surface area contributed by atoms with Crippen LogP contribution in [0.25, 0.3) is 0 Å². The van der Waals surface area contributed by atoms with Crippen molar-refractivity contribution >= 4 is 22.1 Å². The van der Waals surface area contributed by atoms with E-state index < -0.39 is 27.0 Å². The van der Waals surface area contributed by atoms with Crippen LogP contribution in [0.15, 0.2) is 41.3 Å². The lowest BCUT2D eigenvalue weighted by molar-refractivity contribution is 0.0394. The maximum Gasteiger partial charge on any atom is 0.347 e. The van der Waals surface area contributed by atoms with E-state index in [1.54, 1.807) is 32.0 Å². The highest BCUT2D eigenvalue weighted by atomic mass is 32.2. The summed E-state index contributed by atoms with van der Waals surface area (Å²) in [4.78, 5) is 23.7. The van der Waals surface area contributed by atoms with Crippen LogP contribution in [-0.4, -0.2) is 24.9 Å². The van der Waals surface area contributed by atoms with Gasteiger partial charge in [-0.3, -0.25) is 4.55 Å². The lowest BCUT2D eigenvalue weighted by atomic mass is 10.0. The van der Waals surface area contributed by atoms with Gasteiger partial charge in [0.1, 0.15) is 4.90 Å². The minimum Gasteiger partial charge on any atom is -0.386 e. The van der Waals surface area contributed by atoms with Crippen molar-refractivity contribution in [2.75, 3.05) is 0 Å². The smallest absolute Gasteiger partial charge is 0.347 e. The third kappa shape index (κ3) is 3.52. The molecule has 6 nitrogen and oxygen atoms in total. The first-order valence-corrected chi connectivity index (χ1v) is 8.46. The molecule has 0 aromatic heterocycles. The Hall–Kier alpha value is -2.51. The summed E-state index contributed by atoms with van der Waals surface area (Å²) in [7, 11) is -4.66. The van der Waals surface area contributed by atoms with Crippen molar-refractivity contribution in [1.29, 1.82) is 0 Å². The molecule has 0 aliphatic carbocycles. The van der Waals surface area contributed by atoms with Gasteiger partial charge in [-0.25, -0.2) is 9.59 Å². The molecule has 2 aromatic carbocycles. The van der Waals surface area contributed by atoms with Crippen molar-refractivity contribution in [1.82, 2.24) is 0 Å². The van der Waals surface area contributed by atoms with Crippen LogP contribution in [0.3, 0.4) is 0 Å². The van der Waals surface area contributed by atoms with E-state index in [1.807, 2.05) is 0 Å². The molecule has 0 bridgehead atoms. The van der Waals surface area contributed by atoms with Gasteiger partial charge in [-0.05, 0) is 55.7 Å². The van der Waals surface area contributed by atoms with Gasteiger partial charge in [0.2, 0.25) is 0 Å². The Balaban J connectivity index is 2.48.